The molecular formula is C27H34N4O4. The molecule has 2 unspecified atom stereocenters. The average Bonchev–Trinajstić information content (AvgIpc) is 2.74. The van der Waals surface area contributed by atoms with Crippen LogP contribution in [-0.2, 0) is 14.3 Å². The zero-order valence-electron chi connectivity index (χ0n) is 21.4. The van der Waals surface area contributed by atoms with Crippen LogP contribution in [0.4, 0.5) is 10.5 Å². The number of anilines is 1. The van der Waals surface area contributed by atoms with Gasteiger partial charge in [0.1, 0.15) is 24.2 Å². The Bertz CT molecular complexity index is 1130. The van der Waals surface area contributed by atoms with Crippen LogP contribution in [0.2, 0.25) is 0 Å². The lowest BCUT2D eigenvalue weighted by atomic mass is 9.96. The van der Waals surface area contributed by atoms with Crippen molar-refractivity contribution in [3.8, 4) is 6.07 Å². The first-order chi connectivity index (χ1) is 16.3. The number of rotatable bonds is 7. The number of ether oxygens (including phenoxy) is 1. The minimum absolute atomic E-state index is 0.349. The molecule has 0 heterocycles. The van der Waals surface area contributed by atoms with E-state index in [1.54, 1.807) is 39.0 Å². The third kappa shape index (κ3) is 7.57. The largest absolute Gasteiger partial charge is 0.444 e. The fourth-order valence-corrected chi connectivity index (χ4v) is 3.66. The van der Waals surface area contributed by atoms with Crippen LogP contribution in [0.1, 0.15) is 56.0 Å². The number of nitriles is 1. The molecule has 2 aromatic rings. The van der Waals surface area contributed by atoms with Crippen LogP contribution in [0.25, 0.3) is 0 Å². The van der Waals surface area contributed by atoms with Gasteiger partial charge in [-0.2, -0.15) is 5.26 Å². The maximum absolute atomic E-state index is 13.6. The van der Waals surface area contributed by atoms with Crippen molar-refractivity contribution in [2.75, 3.05) is 11.9 Å². The second kappa shape index (κ2) is 11.5. The lowest BCUT2D eigenvalue weighted by molar-refractivity contribution is -0.139. The van der Waals surface area contributed by atoms with Crippen molar-refractivity contribution in [2.24, 2.45) is 0 Å². The second-order valence-electron chi connectivity index (χ2n) is 9.56. The molecule has 0 saturated carbocycles. The monoisotopic (exact) mass is 478 g/mol. The first kappa shape index (κ1) is 27.4. The standard InChI is InChI=1S/C27H34N4O4/c1-17-12-13-21(19(3)16-17)23(24(32)30-22-11-9-8-10-18(22)2)31(15-14-28)25(33)20(4)29-26(34)35-27(5,6)7/h8-13,16,20,23H,15H2,1-7H3,(H,29,34)(H,30,32). The number of alkyl carbamates (subject to hydrolysis) is 1. The molecule has 0 aliphatic heterocycles. The molecule has 8 heteroatoms. The number of aryl methyl sites for hydroxylation is 3. The predicted molar refractivity (Wildman–Crippen MR) is 135 cm³/mol. The number of carbonyl (C=O) groups is 3. The highest BCUT2D eigenvalue weighted by atomic mass is 16.6. The molecule has 2 N–H and O–H groups in total. The number of benzene rings is 2. The predicted octanol–water partition coefficient (Wildman–Crippen LogP) is 4.56. The summed E-state index contributed by atoms with van der Waals surface area (Å²) in [6.07, 6.45) is -0.761. The summed E-state index contributed by atoms with van der Waals surface area (Å²) in [5, 5.41) is 14.9. The Balaban J connectivity index is 2.46. The van der Waals surface area contributed by atoms with E-state index >= 15 is 0 Å². The van der Waals surface area contributed by atoms with Gasteiger partial charge >= 0.3 is 6.09 Å². The molecule has 3 amide bonds. The van der Waals surface area contributed by atoms with Gasteiger partial charge < -0.3 is 20.3 Å². The van der Waals surface area contributed by atoms with Crippen LogP contribution in [-0.4, -0.2) is 41.0 Å². The van der Waals surface area contributed by atoms with E-state index < -0.39 is 35.6 Å². The maximum Gasteiger partial charge on any atom is 0.408 e. The van der Waals surface area contributed by atoms with Crippen LogP contribution in [0, 0.1) is 32.1 Å². The summed E-state index contributed by atoms with van der Waals surface area (Å²) in [5.74, 6) is -1.04. The summed E-state index contributed by atoms with van der Waals surface area (Å²) in [4.78, 5) is 40.5. The first-order valence-electron chi connectivity index (χ1n) is 11.4. The number of carbonyl (C=O) groups excluding carboxylic acids is 3. The molecule has 0 aromatic heterocycles. The van der Waals surface area contributed by atoms with Crippen LogP contribution < -0.4 is 10.6 Å². The van der Waals surface area contributed by atoms with Gasteiger partial charge in [-0.05, 0) is 71.2 Å². The van der Waals surface area contributed by atoms with Crippen LogP contribution in [0.5, 0.6) is 0 Å². The van der Waals surface area contributed by atoms with E-state index in [0.717, 1.165) is 16.7 Å². The molecule has 0 aliphatic carbocycles. The quantitative estimate of drug-likeness (QED) is 0.567. The van der Waals surface area contributed by atoms with Crippen LogP contribution in [0.15, 0.2) is 42.5 Å². The maximum atomic E-state index is 13.6. The van der Waals surface area contributed by atoms with Gasteiger partial charge in [0, 0.05) is 5.69 Å². The lowest BCUT2D eigenvalue weighted by Crippen LogP contribution is -2.51. The van der Waals surface area contributed by atoms with Gasteiger partial charge in [0.05, 0.1) is 6.07 Å². The summed E-state index contributed by atoms with van der Waals surface area (Å²) < 4.78 is 5.25. The Hall–Kier alpha value is -3.86. The van der Waals surface area contributed by atoms with Crippen molar-refractivity contribution in [1.82, 2.24) is 10.2 Å². The fraction of sp³-hybridized carbons (Fsp3) is 0.407. The van der Waals surface area contributed by atoms with Gasteiger partial charge in [0.25, 0.3) is 5.91 Å². The number of para-hydroxylation sites is 1. The summed E-state index contributed by atoms with van der Waals surface area (Å²) >= 11 is 0. The molecule has 2 aromatic carbocycles. The highest BCUT2D eigenvalue weighted by Crippen LogP contribution is 2.28. The third-order valence-electron chi connectivity index (χ3n) is 5.31. The van der Waals surface area contributed by atoms with Crippen molar-refractivity contribution in [3.63, 3.8) is 0 Å². The van der Waals surface area contributed by atoms with Crippen molar-refractivity contribution in [1.29, 1.82) is 5.26 Å². The van der Waals surface area contributed by atoms with E-state index in [1.807, 2.05) is 51.1 Å². The zero-order chi connectivity index (χ0) is 26.3. The topological polar surface area (TPSA) is 112 Å². The second-order valence-corrected chi connectivity index (χ2v) is 9.56. The molecule has 0 fully saturated rings. The van der Waals surface area contributed by atoms with Crippen molar-refractivity contribution >= 4 is 23.6 Å². The van der Waals surface area contributed by atoms with E-state index in [4.69, 9.17) is 4.74 Å². The highest BCUT2D eigenvalue weighted by molar-refractivity contribution is 5.99. The molecule has 186 valence electrons. The van der Waals surface area contributed by atoms with Gasteiger partial charge in [-0.25, -0.2) is 4.79 Å². The summed E-state index contributed by atoms with van der Waals surface area (Å²) in [5.41, 5.74) is 3.12. The summed E-state index contributed by atoms with van der Waals surface area (Å²) in [7, 11) is 0. The third-order valence-corrected chi connectivity index (χ3v) is 5.31. The average molecular weight is 479 g/mol. The smallest absolute Gasteiger partial charge is 0.408 e. The first-order valence-corrected chi connectivity index (χ1v) is 11.4. The molecule has 2 atom stereocenters. The zero-order valence-corrected chi connectivity index (χ0v) is 21.4. The number of nitrogens with one attached hydrogen (secondary N) is 2. The van der Waals surface area contributed by atoms with Crippen molar-refractivity contribution in [2.45, 2.75) is 66.2 Å². The van der Waals surface area contributed by atoms with Gasteiger partial charge in [-0.1, -0.05) is 42.0 Å². The Morgan fingerprint density at radius 1 is 1.06 bits per heavy atom. The number of hydrogen-bond acceptors (Lipinski definition) is 5. The Kier molecular flexibility index (Phi) is 9.01. The van der Waals surface area contributed by atoms with E-state index in [1.165, 1.54) is 11.8 Å². The molecule has 0 saturated heterocycles. The van der Waals surface area contributed by atoms with Gasteiger partial charge in [0.2, 0.25) is 5.91 Å². The molecular weight excluding hydrogens is 444 g/mol. The minimum atomic E-state index is -1.09. The molecule has 35 heavy (non-hydrogen) atoms. The van der Waals surface area contributed by atoms with Crippen molar-refractivity contribution < 1.29 is 19.1 Å². The van der Waals surface area contributed by atoms with Gasteiger partial charge in [-0.15, -0.1) is 0 Å². The Morgan fingerprint density at radius 2 is 1.71 bits per heavy atom. The van der Waals surface area contributed by atoms with E-state index in [9.17, 15) is 19.6 Å². The normalized spacial score (nSPS) is 12.6. The van der Waals surface area contributed by atoms with Crippen molar-refractivity contribution in [3.05, 3.63) is 64.7 Å². The summed E-state index contributed by atoms with van der Waals surface area (Å²) in [6.45, 7) is 11.9. The van der Waals surface area contributed by atoms with Crippen LogP contribution >= 0.6 is 0 Å². The molecule has 0 aliphatic rings. The SMILES string of the molecule is Cc1ccc(C(C(=O)Nc2ccccc2C)N(CC#N)C(=O)C(C)NC(=O)OC(C)(C)C)c(C)c1. The summed E-state index contributed by atoms with van der Waals surface area (Å²) in [6, 6.07) is 12.7. The van der Waals surface area contributed by atoms with E-state index in [-0.39, 0.29) is 6.54 Å². The molecule has 8 nitrogen and oxygen atoms in total. The fourth-order valence-electron chi connectivity index (χ4n) is 3.66. The lowest BCUT2D eigenvalue weighted by Gasteiger charge is -2.32. The molecule has 0 spiro atoms. The van der Waals surface area contributed by atoms with Gasteiger partial charge in [0.15, 0.2) is 0 Å². The van der Waals surface area contributed by atoms with E-state index in [2.05, 4.69) is 10.6 Å². The Morgan fingerprint density at radius 3 is 2.29 bits per heavy atom. The molecule has 0 radical (unpaired) electrons. The Labute approximate surface area is 207 Å². The van der Waals surface area contributed by atoms with Gasteiger partial charge in [-0.3, -0.25) is 9.59 Å². The highest BCUT2D eigenvalue weighted by Gasteiger charge is 2.35. The number of hydrogen-bond donors (Lipinski definition) is 2. The van der Waals surface area contributed by atoms with E-state index in [0.29, 0.717) is 11.3 Å². The number of amides is 3. The molecule has 2 rings (SSSR count). The number of nitrogens with zero attached hydrogens (tertiary/aromatic N) is 2. The molecule has 0 bridgehead atoms. The van der Waals surface area contributed by atoms with Crippen LogP contribution in [0.3, 0.4) is 0 Å². The minimum Gasteiger partial charge on any atom is -0.444 e.